The zero-order valence-corrected chi connectivity index (χ0v) is 8.09. The average Bonchev–Trinajstić information content (AvgIpc) is 2.15. The molecule has 0 aliphatic carbocycles. The number of nitrogens with zero attached hydrogens (tertiary/aromatic N) is 1. The van der Waals surface area contributed by atoms with Crippen molar-refractivity contribution in [3.63, 3.8) is 0 Å². The summed E-state index contributed by atoms with van der Waals surface area (Å²) in [6, 6.07) is 3.98. The van der Waals surface area contributed by atoms with Crippen molar-refractivity contribution in [2.45, 2.75) is 20.3 Å². The molecule has 2 heteroatoms. The topological polar surface area (TPSA) is 24.9 Å². The molecule has 2 nitrogen and oxygen atoms in total. The molecule has 0 fully saturated rings. The number of aromatic nitrogens is 1. The lowest BCUT2D eigenvalue weighted by molar-refractivity contribution is 1.06. The van der Waals surface area contributed by atoms with Crippen LogP contribution in [-0.2, 0) is 0 Å². The van der Waals surface area contributed by atoms with Crippen molar-refractivity contribution in [1.29, 1.82) is 0 Å². The van der Waals surface area contributed by atoms with Crippen LogP contribution in [0.1, 0.15) is 18.9 Å². The molecule has 0 bridgehead atoms. The maximum Gasteiger partial charge on any atom is 0.128 e. The van der Waals surface area contributed by atoms with Crippen molar-refractivity contribution in [3.05, 3.63) is 23.9 Å². The first-order chi connectivity index (χ1) is 6.34. The Bertz CT molecular complexity index is 320. The van der Waals surface area contributed by atoms with E-state index in [4.69, 9.17) is 0 Å². The first kappa shape index (κ1) is 9.60. The summed E-state index contributed by atoms with van der Waals surface area (Å²) in [5, 5.41) is 3.23. The van der Waals surface area contributed by atoms with Gasteiger partial charge in [-0.3, -0.25) is 0 Å². The minimum Gasteiger partial charge on any atom is -0.369 e. The summed E-state index contributed by atoms with van der Waals surface area (Å²) in [7, 11) is 0. The maximum atomic E-state index is 4.22. The molecule has 68 valence electrons. The van der Waals surface area contributed by atoms with Crippen LogP contribution in [0.2, 0.25) is 0 Å². The molecule has 13 heavy (non-hydrogen) atoms. The van der Waals surface area contributed by atoms with Crippen LogP contribution in [0, 0.1) is 18.8 Å². The summed E-state index contributed by atoms with van der Waals surface area (Å²) in [5.41, 5.74) is 1.17. The van der Waals surface area contributed by atoms with E-state index in [0.29, 0.717) is 0 Å². The van der Waals surface area contributed by atoms with Crippen molar-refractivity contribution >= 4 is 5.82 Å². The fourth-order valence-electron chi connectivity index (χ4n) is 1.04. The van der Waals surface area contributed by atoms with E-state index in [9.17, 15) is 0 Å². The van der Waals surface area contributed by atoms with Crippen LogP contribution in [0.4, 0.5) is 5.82 Å². The third-order valence-corrected chi connectivity index (χ3v) is 1.73. The summed E-state index contributed by atoms with van der Waals surface area (Å²) >= 11 is 0. The van der Waals surface area contributed by atoms with Gasteiger partial charge in [0.25, 0.3) is 0 Å². The molecule has 0 saturated heterocycles. The fraction of sp³-hybridized carbons (Fsp3) is 0.364. The summed E-state index contributed by atoms with van der Waals surface area (Å²) in [6.45, 7) is 4.76. The van der Waals surface area contributed by atoms with E-state index in [1.54, 1.807) is 6.20 Å². The second-order valence-electron chi connectivity index (χ2n) is 2.77. The number of hydrogen-bond donors (Lipinski definition) is 1. The monoisotopic (exact) mass is 174 g/mol. The summed E-state index contributed by atoms with van der Waals surface area (Å²) in [6.07, 6.45) is 2.66. The van der Waals surface area contributed by atoms with E-state index in [1.165, 1.54) is 5.56 Å². The Morgan fingerprint density at radius 1 is 1.54 bits per heavy atom. The lowest BCUT2D eigenvalue weighted by atomic mass is 10.3. The van der Waals surface area contributed by atoms with Crippen LogP contribution >= 0.6 is 0 Å². The number of aryl methyl sites for hydroxylation is 1. The van der Waals surface area contributed by atoms with Crippen LogP contribution in [0.15, 0.2) is 18.3 Å². The summed E-state index contributed by atoms with van der Waals surface area (Å²) in [4.78, 5) is 4.22. The molecule has 0 amide bonds. The second kappa shape index (κ2) is 5.21. The van der Waals surface area contributed by atoms with Gasteiger partial charge in [0, 0.05) is 19.2 Å². The molecule has 1 aromatic heterocycles. The number of hydrogen-bond acceptors (Lipinski definition) is 2. The Balaban J connectivity index is 2.44. The minimum absolute atomic E-state index is 0.860. The number of pyridine rings is 1. The largest absolute Gasteiger partial charge is 0.369 e. The Hall–Kier alpha value is -1.49. The van der Waals surface area contributed by atoms with E-state index >= 15 is 0 Å². The average molecular weight is 174 g/mol. The molecule has 0 aliphatic heterocycles. The highest BCUT2D eigenvalue weighted by Crippen LogP contribution is 2.08. The molecular weight excluding hydrogens is 160 g/mol. The quantitative estimate of drug-likeness (QED) is 0.561. The molecular formula is C11H14N2. The van der Waals surface area contributed by atoms with Crippen LogP contribution in [-0.4, -0.2) is 11.5 Å². The Labute approximate surface area is 79.4 Å². The van der Waals surface area contributed by atoms with Gasteiger partial charge in [-0.15, -0.1) is 11.8 Å². The van der Waals surface area contributed by atoms with E-state index < -0.39 is 0 Å². The third kappa shape index (κ3) is 3.16. The van der Waals surface area contributed by atoms with Gasteiger partial charge in [0.1, 0.15) is 5.82 Å². The maximum absolute atomic E-state index is 4.22. The predicted octanol–water partition coefficient (Wildman–Crippen LogP) is 2.22. The van der Waals surface area contributed by atoms with Crippen molar-refractivity contribution in [3.8, 4) is 11.8 Å². The van der Waals surface area contributed by atoms with E-state index in [-0.39, 0.29) is 0 Å². The molecule has 1 aromatic rings. The lowest BCUT2D eigenvalue weighted by Gasteiger charge is -2.05. The molecule has 0 aromatic carbocycles. The molecule has 1 N–H and O–H groups in total. The molecule has 0 radical (unpaired) electrons. The predicted molar refractivity (Wildman–Crippen MR) is 55.5 cm³/mol. The smallest absolute Gasteiger partial charge is 0.128 e. The molecule has 0 saturated carbocycles. The fourth-order valence-corrected chi connectivity index (χ4v) is 1.04. The normalized spacial score (nSPS) is 8.77. The van der Waals surface area contributed by atoms with E-state index in [2.05, 4.69) is 22.1 Å². The second-order valence-corrected chi connectivity index (χ2v) is 2.77. The highest BCUT2D eigenvalue weighted by atomic mass is 15.0. The Morgan fingerprint density at radius 3 is 3.08 bits per heavy atom. The van der Waals surface area contributed by atoms with Gasteiger partial charge in [-0.2, -0.15) is 0 Å². The van der Waals surface area contributed by atoms with Gasteiger partial charge in [0.2, 0.25) is 0 Å². The van der Waals surface area contributed by atoms with Crippen LogP contribution in [0.5, 0.6) is 0 Å². The molecule has 0 atom stereocenters. The van der Waals surface area contributed by atoms with Gasteiger partial charge in [-0.1, -0.05) is 6.07 Å². The highest BCUT2D eigenvalue weighted by molar-refractivity contribution is 5.42. The van der Waals surface area contributed by atoms with Gasteiger partial charge >= 0.3 is 0 Å². The van der Waals surface area contributed by atoms with E-state index in [1.807, 2.05) is 26.0 Å². The SMILES string of the molecule is CC#CCCNc1ncccc1C. The lowest BCUT2D eigenvalue weighted by Crippen LogP contribution is -2.03. The molecule has 0 aliphatic rings. The number of nitrogens with one attached hydrogen (secondary N) is 1. The van der Waals surface area contributed by atoms with Crippen molar-refractivity contribution < 1.29 is 0 Å². The zero-order valence-electron chi connectivity index (χ0n) is 8.09. The van der Waals surface area contributed by atoms with Crippen LogP contribution in [0.25, 0.3) is 0 Å². The Kier molecular flexibility index (Phi) is 3.84. The standard InChI is InChI=1S/C11H14N2/c1-3-4-5-8-12-11-10(2)7-6-9-13-11/h6-7,9H,5,8H2,1-2H3,(H,12,13). The number of rotatable bonds is 3. The first-order valence-electron chi connectivity index (χ1n) is 4.39. The molecule has 0 unspecified atom stereocenters. The van der Waals surface area contributed by atoms with Crippen LogP contribution in [0.3, 0.4) is 0 Å². The molecule has 0 spiro atoms. The summed E-state index contributed by atoms with van der Waals surface area (Å²) < 4.78 is 0. The molecule has 1 rings (SSSR count). The van der Waals surface area contributed by atoms with Crippen molar-refractivity contribution in [2.24, 2.45) is 0 Å². The third-order valence-electron chi connectivity index (χ3n) is 1.73. The van der Waals surface area contributed by atoms with Gasteiger partial charge in [0.15, 0.2) is 0 Å². The van der Waals surface area contributed by atoms with Gasteiger partial charge in [-0.25, -0.2) is 4.98 Å². The Morgan fingerprint density at radius 2 is 2.38 bits per heavy atom. The zero-order chi connectivity index (χ0) is 9.52. The molecule has 1 heterocycles. The van der Waals surface area contributed by atoms with Gasteiger partial charge in [0.05, 0.1) is 0 Å². The highest BCUT2D eigenvalue weighted by Gasteiger charge is 1.94. The van der Waals surface area contributed by atoms with E-state index in [0.717, 1.165) is 18.8 Å². The first-order valence-corrected chi connectivity index (χ1v) is 4.39. The number of anilines is 1. The van der Waals surface area contributed by atoms with Crippen molar-refractivity contribution in [2.75, 3.05) is 11.9 Å². The van der Waals surface area contributed by atoms with Gasteiger partial charge in [-0.05, 0) is 25.5 Å². The van der Waals surface area contributed by atoms with Crippen molar-refractivity contribution in [1.82, 2.24) is 4.98 Å². The van der Waals surface area contributed by atoms with Crippen LogP contribution < -0.4 is 5.32 Å². The minimum atomic E-state index is 0.860. The van der Waals surface area contributed by atoms with Gasteiger partial charge < -0.3 is 5.32 Å². The summed E-state index contributed by atoms with van der Waals surface area (Å²) in [5.74, 6) is 6.81.